The van der Waals surface area contributed by atoms with Gasteiger partial charge in [-0.25, -0.2) is 4.98 Å². The van der Waals surface area contributed by atoms with Crippen molar-refractivity contribution in [1.29, 1.82) is 0 Å². The number of carbonyl (C=O) groups excluding carboxylic acids is 1. The molecule has 1 aromatic carbocycles. The lowest BCUT2D eigenvalue weighted by molar-refractivity contribution is 0.0790. The van der Waals surface area contributed by atoms with Gasteiger partial charge in [-0.15, -0.1) is 0 Å². The van der Waals surface area contributed by atoms with Crippen molar-refractivity contribution in [3.8, 4) is 0 Å². The molecule has 0 unspecified atom stereocenters. The van der Waals surface area contributed by atoms with Crippen LogP contribution in [0.1, 0.15) is 28.6 Å². The highest BCUT2D eigenvalue weighted by Gasteiger charge is 2.31. The van der Waals surface area contributed by atoms with Crippen LogP contribution in [0, 0.1) is 0 Å². The zero-order valence-corrected chi connectivity index (χ0v) is 12.0. The quantitative estimate of drug-likeness (QED) is 0.729. The van der Waals surface area contributed by atoms with Crippen LogP contribution in [0.5, 0.6) is 0 Å². The van der Waals surface area contributed by atoms with E-state index in [2.05, 4.69) is 9.97 Å². The van der Waals surface area contributed by atoms with E-state index in [1.54, 1.807) is 24.5 Å². The smallest absolute Gasteiger partial charge is 0.253 e. The van der Waals surface area contributed by atoms with Gasteiger partial charge in [0.25, 0.3) is 5.91 Å². The average molecular weight is 293 g/mol. The second kappa shape index (κ2) is 5.26. The summed E-state index contributed by atoms with van der Waals surface area (Å²) in [6.45, 7) is 1.37. The van der Waals surface area contributed by atoms with Gasteiger partial charge in [0, 0.05) is 31.0 Å². The number of nitrogens with zero attached hydrogens (tertiary/aromatic N) is 3. The summed E-state index contributed by atoms with van der Waals surface area (Å²) in [7, 11) is 0. The Morgan fingerprint density at radius 3 is 2.82 bits per heavy atom. The van der Waals surface area contributed by atoms with Crippen molar-refractivity contribution in [3.05, 3.63) is 60.2 Å². The molecule has 1 aliphatic heterocycles. The van der Waals surface area contributed by atoms with Crippen LogP contribution in [0.15, 0.2) is 53.2 Å². The zero-order valence-electron chi connectivity index (χ0n) is 12.0. The van der Waals surface area contributed by atoms with Gasteiger partial charge in [-0.2, -0.15) is 0 Å². The van der Waals surface area contributed by atoms with Crippen LogP contribution in [-0.4, -0.2) is 33.9 Å². The SMILES string of the molecule is O=C(c1ccncc1)N1CC[C@@H](c2nc3ccccc3o2)C1. The molecule has 22 heavy (non-hydrogen) atoms. The molecular formula is C17H15N3O2. The third-order valence-corrected chi connectivity index (χ3v) is 4.06. The van der Waals surface area contributed by atoms with Crippen LogP contribution in [-0.2, 0) is 0 Å². The number of oxazole rings is 1. The first-order chi connectivity index (χ1) is 10.8. The molecule has 1 aliphatic rings. The molecule has 3 aromatic rings. The van der Waals surface area contributed by atoms with Crippen LogP contribution in [0.2, 0.25) is 0 Å². The van der Waals surface area contributed by atoms with E-state index in [9.17, 15) is 4.79 Å². The molecule has 0 spiro atoms. The first-order valence-electron chi connectivity index (χ1n) is 7.36. The third kappa shape index (κ3) is 2.24. The number of likely N-dealkylation sites (tertiary alicyclic amines) is 1. The van der Waals surface area contributed by atoms with Crippen molar-refractivity contribution in [2.45, 2.75) is 12.3 Å². The second-order valence-corrected chi connectivity index (χ2v) is 5.49. The fourth-order valence-corrected chi connectivity index (χ4v) is 2.89. The number of hydrogen-bond acceptors (Lipinski definition) is 4. The second-order valence-electron chi connectivity index (χ2n) is 5.49. The molecule has 4 rings (SSSR count). The maximum atomic E-state index is 12.4. The first-order valence-corrected chi connectivity index (χ1v) is 7.36. The van der Waals surface area contributed by atoms with E-state index in [-0.39, 0.29) is 11.8 Å². The van der Waals surface area contributed by atoms with E-state index in [0.29, 0.717) is 12.1 Å². The molecule has 5 nitrogen and oxygen atoms in total. The summed E-state index contributed by atoms with van der Waals surface area (Å²) >= 11 is 0. The average Bonchev–Trinajstić information content (AvgIpc) is 3.21. The molecule has 0 bridgehead atoms. The van der Waals surface area contributed by atoms with E-state index in [0.717, 1.165) is 30.0 Å². The molecule has 2 aromatic heterocycles. The highest BCUT2D eigenvalue weighted by molar-refractivity contribution is 5.94. The molecule has 110 valence electrons. The van der Waals surface area contributed by atoms with Gasteiger partial charge in [-0.1, -0.05) is 12.1 Å². The monoisotopic (exact) mass is 293 g/mol. The van der Waals surface area contributed by atoms with Crippen LogP contribution in [0.4, 0.5) is 0 Å². The van der Waals surface area contributed by atoms with Crippen LogP contribution in [0.3, 0.4) is 0 Å². The molecule has 5 heteroatoms. The lowest BCUT2D eigenvalue weighted by Gasteiger charge is -2.15. The summed E-state index contributed by atoms with van der Waals surface area (Å²) in [4.78, 5) is 22.8. The maximum Gasteiger partial charge on any atom is 0.253 e. The van der Waals surface area contributed by atoms with Crippen molar-refractivity contribution in [3.63, 3.8) is 0 Å². The summed E-state index contributed by atoms with van der Waals surface area (Å²) in [6, 6.07) is 11.2. The molecule has 1 saturated heterocycles. The molecular weight excluding hydrogens is 278 g/mol. The normalized spacial score (nSPS) is 18.0. The van der Waals surface area contributed by atoms with Gasteiger partial charge in [0.05, 0.1) is 5.92 Å². The predicted octanol–water partition coefficient (Wildman–Crippen LogP) is 2.85. The number of hydrogen-bond donors (Lipinski definition) is 0. The van der Waals surface area contributed by atoms with Crippen molar-refractivity contribution in [1.82, 2.24) is 14.9 Å². The van der Waals surface area contributed by atoms with Crippen molar-refractivity contribution >= 4 is 17.0 Å². The standard InChI is InChI=1S/C17H15N3O2/c21-17(12-5-8-18-9-6-12)20-10-7-13(11-20)16-19-14-3-1-2-4-15(14)22-16/h1-6,8-9,13H,7,10-11H2/t13-/m1/s1. The van der Waals surface area contributed by atoms with E-state index in [4.69, 9.17) is 4.42 Å². The highest BCUT2D eigenvalue weighted by Crippen LogP contribution is 2.29. The number of fused-ring (bicyclic) bond motifs is 1. The lowest BCUT2D eigenvalue weighted by atomic mass is 10.1. The van der Waals surface area contributed by atoms with Crippen molar-refractivity contribution in [2.75, 3.05) is 13.1 Å². The minimum atomic E-state index is 0.0426. The number of pyridine rings is 1. The predicted molar refractivity (Wildman–Crippen MR) is 81.5 cm³/mol. The Morgan fingerprint density at radius 2 is 2.00 bits per heavy atom. The Bertz CT molecular complexity index is 780. The molecule has 0 N–H and O–H groups in total. The van der Waals surface area contributed by atoms with Gasteiger partial charge >= 0.3 is 0 Å². The molecule has 1 amide bonds. The van der Waals surface area contributed by atoms with E-state index in [1.165, 1.54) is 0 Å². The summed E-state index contributed by atoms with van der Waals surface area (Å²) in [5.74, 6) is 0.936. The fraction of sp³-hybridized carbons (Fsp3) is 0.235. The van der Waals surface area contributed by atoms with Gasteiger partial charge in [0.15, 0.2) is 11.5 Å². The largest absolute Gasteiger partial charge is 0.440 e. The van der Waals surface area contributed by atoms with Crippen LogP contribution in [0.25, 0.3) is 11.1 Å². The number of rotatable bonds is 2. The van der Waals surface area contributed by atoms with Crippen molar-refractivity contribution in [2.24, 2.45) is 0 Å². The molecule has 0 radical (unpaired) electrons. The van der Waals surface area contributed by atoms with E-state index in [1.807, 2.05) is 29.2 Å². The molecule has 1 atom stereocenters. The van der Waals surface area contributed by atoms with Crippen LogP contribution >= 0.6 is 0 Å². The number of carbonyl (C=O) groups is 1. The maximum absolute atomic E-state index is 12.4. The summed E-state index contributed by atoms with van der Waals surface area (Å²) < 4.78 is 5.83. The minimum absolute atomic E-state index is 0.0426. The first kappa shape index (κ1) is 13.0. The number of aromatic nitrogens is 2. The number of amides is 1. The van der Waals surface area contributed by atoms with Crippen LogP contribution < -0.4 is 0 Å². The summed E-state index contributed by atoms with van der Waals surface area (Å²) in [5.41, 5.74) is 2.35. The zero-order chi connectivity index (χ0) is 14.9. The topological polar surface area (TPSA) is 59.2 Å². The Balaban J connectivity index is 1.53. The fourth-order valence-electron chi connectivity index (χ4n) is 2.89. The number of benzene rings is 1. The van der Waals surface area contributed by atoms with Gasteiger partial charge in [0.2, 0.25) is 0 Å². The van der Waals surface area contributed by atoms with Gasteiger partial charge in [0.1, 0.15) is 5.52 Å². The minimum Gasteiger partial charge on any atom is -0.440 e. The Kier molecular flexibility index (Phi) is 3.11. The Labute approximate surface area is 127 Å². The van der Waals surface area contributed by atoms with E-state index >= 15 is 0 Å². The molecule has 3 heterocycles. The highest BCUT2D eigenvalue weighted by atomic mass is 16.3. The molecule has 0 aliphatic carbocycles. The van der Waals surface area contributed by atoms with Gasteiger partial charge in [-0.3, -0.25) is 9.78 Å². The molecule has 1 fully saturated rings. The summed E-state index contributed by atoms with van der Waals surface area (Å²) in [5, 5.41) is 0. The lowest BCUT2D eigenvalue weighted by Crippen LogP contribution is -2.28. The van der Waals surface area contributed by atoms with Crippen molar-refractivity contribution < 1.29 is 9.21 Å². The Morgan fingerprint density at radius 1 is 1.18 bits per heavy atom. The number of para-hydroxylation sites is 2. The summed E-state index contributed by atoms with van der Waals surface area (Å²) in [6.07, 6.45) is 4.16. The Hall–Kier alpha value is -2.69. The molecule has 0 saturated carbocycles. The van der Waals surface area contributed by atoms with Gasteiger partial charge < -0.3 is 9.32 Å². The van der Waals surface area contributed by atoms with Gasteiger partial charge in [-0.05, 0) is 30.7 Å². The van der Waals surface area contributed by atoms with E-state index < -0.39 is 0 Å². The third-order valence-electron chi connectivity index (χ3n) is 4.06.